The van der Waals surface area contributed by atoms with E-state index in [9.17, 15) is 4.79 Å². The number of amides is 1. The van der Waals surface area contributed by atoms with Crippen molar-refractivity contribution in [3.8, 4) is 0 Å². The average Bonchev–Trinajstić information content (AvgIpc) is 2.14. The maximum Gasteiger partial charge on any atom is 0.228 e. The lowest BCUT2D eigenvalue weighted by Gasteiger charge is -2.30. The quantitative estimate of drug-likeness (QED) is 0.699. The van der Waals surface area contributed by atoms with Crippen LogP contribution in [0.2, 0.25) is 0 Å². The van der Waals surface area contributed by atoms with Gasteiger partial charge < -0.3 is 11.1 Å². The Labute approximate surface area is 81.7 Å². The van der Waals surface area contributed by atoms with Crippen LogP contribution in [0.5, 0.6) is 0 Å². The number of anilines is 1. The van der Waals surface area contributed by atoms with Crippen LogP contribution in [0.1, 0.15) is 12.8 Å². The van der Waals surface area contributed by atoms with Gasteiger partial charge in [-0.3, -0.25) is 4.79 Å². The van der Waals surface area contributed by atoms with E-state index in [0.29, 0.717) is 5.82 Å². The lowest BCUT2D eigenvalue weighted by Crippen LogP contribution is -2.42. The third-order valence-electron chi connectivity index (χ3n) is 2.37. The molecule has 0 aliphatic heterocycles. The largest absolute Gasteiger partial charge is 0.328 e. The van der Waals surface area contributed by atoms with Gasteiger partial charge in [0.1, 0.15) is 0 Å². The lowest BCUT2D eigenvalue weighted by molar-refractivity contribution is -0.122. The van der Waals surface area contributed by atoms with Gasteiger partial charge in [0.2, 0.25) is 5.91 Å². The summed E-state index contributed by atoms with van der Waals surface area (Å²) in [6, 6.07) is 3.63. The van der Waals surface area contributed by atoms with E-state index >= 15 is 0 Å². The summed E-state index contributed by atoms with van der Waals surface area (Å²) in [5.41, 5.74) is 5.59. The first-order valence-corrected chi connectivity index (χ1v) is 4.60. The number of carbonyl (C=O) groups is 1. The number of nitrogens with two attached hydrogens (primary N) is 1. The zero-order chi connectivity index (χ0) is 9.97. The van der Waals surface area contributed by atoms with Crippen molar-refractivity contribution in [2.75, 3.05) is 5.32 Å². The molecule has 1 aromatic rings. The van der Waals surface area contributed by atoms with Crippen molar-refractivity contribution in [2.24, 2.45) is 11.7 Å². The molecule has 0 radical (unpaired) electrons. The summed E-state index contributed by atoms with van der Waals surface area (Å²) in [6.45, 7) is 0. The summed E-state index contributed by atoms with van der Waals surface area (Å²) in [5, 5.41) is 10.1. The van der Waals surface area contributed by atoms with Gasteiger partial charge in [-0.15, -0.1) is 5.10 Å². The topological polar surface area (TPSA) is 80.9 Å². The van der Waals surface area contributed by atoms with E-state index < -0.39 is 0 Å². The molecule has 1 aliphatic rings. The second kappa shape index (κ2) is 3.71. The van der Waals surface area contributed by atoms with Gasteiger partial charge in [0.05, 0.1) is 0 Å². The molecule has 14 heavy (non-hydrogen) atoms. The van der Waals surface area contributed by atoms with Crippen molar-refractivity contribution in [1.29, 1.82) is 0 Å². The highest BCUT2D eigenvalue weighted by Gasteiger charge is 2.31. The fraction of sp³-hybridized carbons (Fsp3) is 0.444. The molecule has 0 bridgehead atoms. The number of hydrogen-bond donors (Lipinski definition) is 2. The standard InChI is InChI=1S/C9H12N4O/c10-7-4-6(5-7)9(14)12-8-2-1-3-11-13-8/h1-3,6-7H,4-5,10H2,(H,12,13,14). The van der Waals surface area contributed by atoms with Crippen LogP contribution in [0.25, 0.3) is 0 Å². The maximum atomic E-state index is 11.5. The van der Waals surface area contributed by atoms with Crippen molar-refractivity contribution >= 4 is 11.7 Å². The Kier molecular flexibility index (Phi) is 2.41. The zero-order valence-electron chi connectivity index (χ0n) is 7.68. The molecular formula is C9H12N4O. The number of rotatable bonds is 2. The fourth-order valence-corrected chi connectivity index (χ4v) is 1.47. The van der Waals surface area contributed by atoms with Crippen molar-refractivity contribution in [3.63, 3.8) is 0 Å². The molecule has 74 valence electrons. The molecule has 1 fully saturated rings. The minimum Gasteiger partial charge on any atom is -0.328 e. The van der Waals surface area contributed by atoms with Crippen molar-refractivity contribution in [1.82, 2.24) is 10.2 Å². The lowest BCUT2D eigenvalue weighted by atomic mass is 9.80. The first-order valence-electron chi connectivity index (χ1n) is 4.60. The van der Waals surface area contributed by atoms with E-state index in [1.165, 1.54) is 0 Å². The first-order chi connectivity index (χ1) is 6.75. The third-order valence-corrected chi connectivity index (χ3v) is 2.37. The van der Waals surface area contributed by atoms with Gasteiger partial charge in [0.15, 0.2) is 5.82 Å². The first kappa shape index (κ1) is 9.08. The molecule has 0 spiro atoms. The van der Waals surface area contributed by atoms with Gasteiger partial charge >= 0.3 is 0 Å². The Morgan fingerprint density at radius 3 is 2.93 bits per heavy atom. The molecular weight excluding hydrogens is 180 g/mol. The highest BCUT2D eigenvalue weighted by atomic mass is 16.2. The second-order valence-corrected chi connectivity index (χ2v) is 3.53. The monoisotopic (exact) mass is 192 g/mol. The number of hydrogen-bond acceptors (Lipinski definition) is 4. The minimum absolute atomic E-state index is 0.00722. The maximum absolute atomic E-state index is 11.5. The number of aromatic nitrogens is 2. The van der Waals surface area contributed by atoms with Crippen molar-refractivity contribution < 1.29 is 4.79 Å². The average molecular weight is 192 g/mol. The number of carbonyl (C=O) groups excluding carboxylic acids is 1. The Morgan fingerprint density at radius 1 is 1.57 bits per heavy atom. The molecule has 0 atom stereocenters. The summed E-state index contributed by atoms with van der Waals surface area (Å²) >= 11 is 0. The molecule has 2 rings (SSSR count). The Hall–Kier alpha value is -1.49. The molecule has 0 aromatic carbocycles. The van der Waals surface area contributed by atoms with Gasteiger partial charge in [0, 0.05) is 18.2 Å². The Bertz CT molecular complexity index is 321. The highest BCUT2D eigenvalue weighted by molar-refractivity contribution is 5.92. The van der Waals surface area contributed by atoms with Crippen LogP contribution < -0.4 is 11.1 Å². The van der Waals surface area contributed by atoms with Crippen LogP contribution in [-0.2, 0) is 4.79 Å². The normalized spacial score (nSPS) is 25.2. The second-order valence-electron chi connectivity index (χ2n) is 3.53. The summed E-state index contributed by atoms with van der Waals surface area (Å²) in [4.78, 5) is 11.5. The molecule has 5 heteroatoms. The number of nitrogens with one attached hydrogen (secondary N) is 1. The predicted octanol–water partition coefficient (Wildman–Crippen LogP) is 0.152. The summed E-state index contributed by atoms with van der Waals surface area (Å²) in [6.07, 6.45) is 3.10. The highest BCUT2D eigenvalue weighted by Crippen LogP contribution is 2.26. The predicted molar refractivity (Wildman–Crippen MR) is 51.4 cm³/mol. The Balaban J connectivity index is 1.89. The van der Waals surface area contributed by atoms with Gasteiger partial charge in [0.25, 0.3) is 0 Å². The van der Waals surface area contributed by atoms with E-state index in [1.807, 2.05) is 0 Å². The molecule has 0 saturated heterocycles. The van der Waals surface area contributed by atoms with E-state index in [0.717, 1.165) is 12.8 Å². The molecule has 1 aromatic heterocycles. The van der Waals surface area contributed by atoms with Crippen molar-refractivity contribution in [2.45, 2.75) is 18.9 Å². The van der Waals surface area contributed by atoms with Crippen LogP contribution in [-0.4, -0.2) is 22.1 Å². The molecule has 5 nitrogen and oxygen atoms in total. The number of nitrogens with zero attached hydrogens (tertiary/aromatic N) is 2. The van der Waals surface area contributed by atoms with Crippen LogP contribution >= 0.6 is 0 Å². The van der Waals surface area contributed by atoms with Crippen LogP contribution in [0.4, 0.5) is 5.82 Å². The summed E-state index contributed by atoms with van der Waals surface area (Å²) in [7, 11) is 0. The van der Waals surface area contributed by atoms with Gasteiger partial charge in [-0.2, -0.15) is 5.10 Å². The smallest absolute Gasteiger partial charge is 0.228 e. The Morgan fingerprint density at radius 2 is 2.36 bits per heavy atom. The molecule has 1 saturated carbocycles. The third kappa shape index (κ3) is 1.88. The molecule has 1 amide bonds. The van der Waals surface area contributed by atoms with Crippen LogP contribution in [0.15, 0.2) is 18.3 Å². The molecule has 3 N–H and O–H groups in total. The molecule has 1 heterocycles. The van der Waals surface area contributed by atoms with Crippen LogP contribution in [0.3, 0.4) is 0 Å². The van der Waals surface area contributed by atoms with Crippen LogP contribution in [0, 0.1) is 5.92 Å². The molecule has 0 unspecified atom stereocenters. The fourth-order valence-electron chi connectivity index (χ4n) is 1.47. The van der Waals surface area contributed by atoms with Crippen molar-refractivity contribution in [3.05, 3.63) is 18.3 Å². The van der Waals surface area contributed by atoms with E-state index in [4.69, 9.17) is 5.73 Å². The van der Waals surface area contributed by atoms with E-state index in [1.54, 1.807) is 18.3 Å². The molecule has 1 aliphatic carbocycles. The summed E-state index contributed by atoms with van der Waals surface area (Å²) < 4.78 is 0. The van der Waals surface area contributed by atoms with Gasteiger partial charge in [-0.1, -0.05) is 0 Å². The van der Waals surface area contributed by atoms with E-state index in [-0.39, 0.29) is 17.9 Å². The zero-order valence-corrected chi connectivity index (χ0v) is 7.68. The SMILES string of the molecule is NC1CC(C(=O)Nc2cccnn2)C1. The minimum atomic E-state index is -0.00722. The van der Waals surface area contributed by atoms with Gasteiger partial charge in [-0.05, 0) is 25.0 Å². The van der Waals surface area contributed by atoms with Gasteiger partial charge in [-0.25, -0.2) is 0 Å². The van der Waals surface area contributed by atoms with E-state index in [2.05, 4.69) is 15.5 Å². The summed E-state index contributed by atoms with van der Waals surface area (Å²) in [5.74, 6) is 0.539.